The van der Waals surface area contributed by atoms with Crippen molar-refractivity contribution in [2.75, 3.05) is 6.61 Å². The van der Waals surface area contributed by atoms with Gasteiger partial charge in [-0.05, 0) is 53.5 Å². The van der Waals surface area contributed by atoms with Crippen molar-refractivity contribution in [2.24, 2.45) is 5.92 Å². The number of carboxylic acids is 1. The van der Waals surface area contributed by atoms with Gasteiger partial charge in [-0.25, -0.2) is 4.79 Å². The van der Waals surface area contributed by atoms with Crippen LogP contribution in [0.15, 0.2) is 42.0 Å². The van der Waals surface area contributed by atoms with Gasteiger partial charge in [0.1, 0.15) is 5.75 Å². The molecule has 1 aliphatic rings. The zero-order valence-electron chi connectivity index (χ0n) is 18.8. The third-order valence-corrected chi connectivity index (χ3v) is 5.50. The molecule has 0 spiro atoms. The summed E-state index contributed by atoms with van der Waals surface area (Å²) in [5.74, 6) is 1.31. The Bertz CT molecular complexity index is 809. The van der Waals surface area contributed by atoms with Crippen LogP contribution in [-0.4, -0.2) is 17.7 Å². The molecule has 0 bridgehead atoms. The Morgan fingerprint density at radius 2 is 1.97 bits per heavy atom. The van der Waals surface area contributed by atoms with Gasteiger partial charge < -0.3 is 9.84 Å². The smallest absolute Gasteiger partial charge is 0.328 e. The number of hydrogen-bond acceptors (Lipinski definition) is 2. The highest BCUT2D eigenvalue weighted by Crippen LogP contribution is 2.44. The maximum Gasteiger partial charge on any atom is 0.328 e. The Balaban J connectivity index is 2.56. The number of ether oxygens (including phenoxy) is 1. The van der Waals surface area contributed by atoms with Gasteiger partial charge in [-0.15, -0.1) is 0 Å². The molecular weight excluding hydrogens is 360 g/mol. The first-order chi connectivity index (χ1) is 13.7. The van der Waals surface area contributed by atoms with E-state index in [0.717, 1.165) is 24.2 Å². The van der Waals surface area contributed by atoms with Crippen molar-refractivity contribution in [1.82, 2.24) is 0 Å². The van der Waals surface area contributed by atoms with Crippen LogP contribution in [0.1, 0.15) is 89.3 Å². The van der Waals surface area contributed by atoms with Crippen LogP contribution in [0.4, 0.5) is 0 Å². The molecule has 1 N–H and O–H groups in total. The highest BCUT2D eigenvalue weighted by molar-refractivity contribution is 5.81. The fourth-order valence-corrected chi connectivity index (χ4v) is 3.77. The lowest BCUT2D eigenvalue weighted by Gasteiger charge is -2.32. The Labute approximate surface area is 176 Å². The number of fused-ring (bicyclic) bond motifs is 1. The fraction of sp³-hybridized carbons (Fsp3) is 0.500. The van der Waals surface area contributed by atoms with E-state index in [0.29, 0.717) is 24.4 Å². The molecule has 158 valence electrons. The summed E-state index contributed by atoms with van der Waals surface area (Å²) in [7, 11) is 0. The quantitative estimate of drug-likeness (QED) is 0.376. The van der Waals surface area contributed by atoms with Gasteiger partial charge in [0.2, 0.25) is 0 Å². The van der Waals surface area contributed by atoms with Crippen molar-refractivity contribution in [3.05, 3.63) is 58.7 Å². The second-order valence-corrected chi connectivity index (χ2v) is 8.65. The second-order valence-electron chi connectivity index (χ2n) is 8.65. The van der Waals surface area contributed by atoms with Gasteiger partial charge in [0, 0.05) is 17.6 Å². The summed E-state index contributed by atoms with van der Waals surface area (Å²) in [6, 6.07) is 4.59. The number of carboxylic acid groups (broad SMARTS) is 1. The van der Waals surface area contributed by atoms with Crippen molar-refractivity contribution in [2.45, 2.75) is 72.6 Å². The van der Waals surface area contributed by atoms with Crippen LogP contribution in [0.3, 0.4) is 0 Å². The average molecular weight is 397 g/mol. The lowest BCUT2D eigenvalue weighted by atomic mass is 9.82. The Kier molecular flexibility index (Phi) is 8.31. The van der Waals surface area contributed by atoms with E-state index in [1.165, 1.54) is 34.8 Å². The van der Waals surface area contributed by atoms with E-state index in [9.17, 15) is 4.79 Å². The van der Waals surface area contributed by atoms with Crippen LogP contribution < -0.4 is 4.74 Å². The van der Waals surface area contributed by atoms with Gasteiger partial charge in [-0.2, -0.15) is 0 Å². The summed E-state index contributed by atoms with van der Waals surface area (Å²) in [4.78, 5) is 10.9. The molecular formula is C26H36O3. The topological polar surface area (TPSA) is 46.5 Å². The average Bonchev–Trinajstić information content (AvgIpc) is 2.65. The van der Waals surface area contributed by atoms with Crippen LogP contribution in [0.2, 0.25) is 0 Å². The molecule has 2 rings (SSSR count). The molecule has 0 amide bonds. The van der Waals surface area contributed by atoms with Gasteiger partial charge in [0.25, 0.3) is 0 Å². The van der Waals surface area contributed by atoms with Crippen LogP contribution in [0, 0.1) is 5.92 Å². The molecule has 3 nitrogen and oxygen atoms in total. The number of rotatable bonds is 8. The highest BCUT2D eigenvalue weighted by atomic mass is 16.5. The molecule has 1 aromatic rings. The minimum Gasteiger partial charge on any atom is -0.492 e. The molecule has 0 aromatic heterocycles. The molecule has 0 saturated carbocycles. The predicted octanol–water partition coefficient (Wildman–Crippen LogP) is 7.10. The first-order valence-electron chi connectivity index (χ1n) is 10.8. The number of hydrogen-bond donors (Lipinski definition) is 1. The summed E-state index contributed by atoms with van der Waals surface area (Å²) >= 11 is 0. The van der Waals surface area contributed by atoms with Gasteiger partial charge in [-0.1, -0.05) is 71.8 Å². The summed E-state index contributed by atoms with van der Waals surface area (Å²) in [6.07, 6.45) is 10.7. The number of carbonyl (C=O) groups is 1. The van der Waals surface area contributed by atoms with Crippen molar-refractivity contribution in [1.29, 1.82) is 0 Å². The van der Waals surface area contributed by atoms with E-state index >= 15 is 0 Å². The van der Waals surface area contributed by atoms with E-state index in [1.807, 2.05) is 19.1 Å². The van der Waals surface area contributed by atoms with Crippen molar-refractivity contribution in [3.8, 4) is 5.75 Å². The lowest BCUT2D eigenvalue weighted by molar-refractivity contribution is -0.131. The van der Waals surface area contributed by atoms with Gasteiger partial charge >= 0.3 is 5.97 Å². The van der Waals surface area contributed by atoms with E-state index < -0.39 is 5.97 Å². The molecule has 1 aromatic carbocycles. The summed E-state index contributed by atoms with van der Waals surface area (Å²) in [6.45, 7) is 13.6. The molecule has 29 heavy (non-hydrogen) atoms. The number of benzene rings is 1. The summed E-state index contributed by atoms with van der Waals surface area (Å²) in [5.41, 5.74) is 5.85. The predicted molar refractivity (Wildman–Crippen MR) is 122 cm³/mol. The fourth-order valence-electron chi connectivity index (χ4n) is 3.77. The van der Waals surface area contributed by atoms with E-state index in [-0.39, 0.29) is 0 Å². The first-order valence-corrected chi connectivity index (χ1v) is 10.8. The minimum absolute atomic E-state index is 0.360. The van der Waals surface area contributed by atoms with Crippen molar-refractivity contribution >= 4 is 11.5 Å². The number of aliphatic carboxylic acids is 1. The molecule has 0 radical (unpaired) electrons. The second kappa shape index (κ2) is 10.5. The van der Waals surface area contributed by atoms with Crippen LogP contribution >= 0.6 is 0 Å². The van der Waals surface area contributed by atoms with Crippen molar-refractivity contribution in [3.63, 3.8) is 0 Å². The molecule has 1 aliphatic heterocycles. The van der Waals surface area contributed by atoms with Gasteiger partial charge in [-0.3, -0.25) is 0 Å². The largest absolute Gasteiger partial charge is 0.492 e. The van der Waals surface area contributed by atoms with E-state index in [4.69, 9.17) is 9.84 Å². The number of unbranched alkanes of at least 4 members (excludes halogenated alkanes) is 1. The first kappa shape index (κ1) is 23.0. The third-order valence-electron chi connectivity index (χ3n) is 5.50. The van der Waals surface area contributed by atoms with Crippen LogP contribution in [-0.2, 0) is 4.79 Å². The molecule has 0 saturated heterocycles. The zero-order valence-corrected chi connectivity index (χ0v) is 18.8. The molecule has 3 heteroatoms. The third kappa shape index (κ3) is 6.09. The maximum atomic E-state index is 10.9. The molecule has 1 atom stereocenters. The number of allylic oxidation sites excluding steroid dienone is 4. The monoisotopic (exact) mass is 396 g/mol. The highest BCUT2D eigenvalue weighted by Gasteiger charge is 2.28. The van der Waals surface area contributed by atoms with Crippen LogP contribution in [0.5, 0.6) is 5.75 Å². The SMILES string of the molecule is CCCCC1COc2c(cc(C(C)C)cc2C(C)C)\C1=C/C=C/C(C)=C\C(=O)O. The van der Waals surface area contributed by atoms with Gasteiger partial charge in [0.15, 0.2) is 0 Å². The van der Waals surface area contributed by atoms with E-state index in [2.05, 4.69) is 52.8 Å². The summed E-state index contributed by atoms with van der Waals surface area (Å²) < 4.78 is 6.32. The molecule has 0 fully saturated rings. The Morgan fingerprint density at radius 3 is 2.55 bits per heavy atom. The molecule has 1 heterocycles. The van der Waals surface area contributed by atoms with E-state index in [1.54, 1.807) is 0 Å². The summed E-state index contributed by atoms with van der Waals surface area (Å²) in [5, 5.41) is 8.92. The lowest BCUT2D eigenvalue weighted by Crippen LogP contribution is -2.21. The van der Waals surface area contributed by atoms with Gasteiger partial charge in [0.05, 0.1) is 6.61 Å². The maximum absolute atomic E-state index is 10.9. The zero-order chi connectivity index (χ0) is 21.6. The van der Waals surface area contributed by atoms with Crippen molar-refractivity contribution < 1.29 is 14.6 Å². The van der Waals surface area contributed by atoms with Crippen LogP contribution in [0.25, 0.3) is 5.57 Å². The normalized spacial score (nSPS) is 18.6. The molecule has 0 aliphatic carbocycles. The Hall–Kier alpha value is -2.29. The minimum atomic E-state index is -0.916. The Morgan fingerprint density at radius 1 is 1.24 bits per heavy atom. The molecule has 1 unspecified atom stereocenters. The standard InChI is InChI=1S/C26H36O3/c1-7-8-11-20-16-29-26-23(18(4)5)14-21(17(2)3)15-24(26)22(20)12-9-10-19(6)13-25(27)28/h9-10,12-15,17-18,20H,7-8,11,16H2,1-6H3,(H,27,28)/b10-9+,19-13-,22-12-.